The lowest BCUT2D eigenvalue weighted by Gasteiger charge is -2.08. The van der Waals surface area contributed by atoms with E-state index < -0.39 is 5.91 Å². The first-order chi connectivity index (χ1) is 10.1. The van der Waals surface area contributed by atoms with Gasteiger partial charge in [-0.25, -0.2) is 0 Å². The first-order valence-corrected chi connectivity index (χ1v) is 6.93. The molecule has 2 aromatic rings. The van der Waals surface area contributed by atoms with Gasteiger partial charge >= 0.3 is 0 Å². The van der Waals surface area contributed by atoms with Crippen LogP contribution in [0.2, 0.25) is 5.02 Å². The normalized spacial score (nSPS) is 9.52. The Morgan fingerprint density at radius 1 is 1.14 bits per heavy atom. The van der Waals surface area contributed by atoms with E-state index in [1.807, 2.05) is 12.1 Å². The van der Waals surface area contributed by atoms with Gasteiger partial charge in [0.2, 0.25) is 0 Å². The van der Waals surface area contributed by atoms with Crippen LogP contribution in [0, 0.1) is 22.7 Å². The number of hydrogen-bond donors (Lipinski definition) is 1. The molecule has 21 heavy (non-hydrogen) atoms. The number of rotatable bonds is 2. The van der Waals surface area contributed by atoms with Gasteiger partial charge in [-0.15, -0.1) is 0 Å². The zero-order chi connectivity index (χ0) is 15.4. The second-order valence-corrected chi connectivity index (χ2v) is 5.27. The molecule has 2 rings (SSSR count). The molecule has 0 heterocycles. The Bertz CT molecular complexity index is 806. The lowest BCUT2D eigenvalue weighted by atomic mass is 10.1. The summed E-state index contributed by atoms with van der Waals surface area (Å²) in [4.78, 5) is 12.2. The molecule has 0 aliphatic rings. The fraction of sp³-hybridized carbons (Fsp3) is 0. The van der Waals surface area contributed by atoms with Crippen LogP contribution in [0.4, 0.5) is 5.69 Å². The minimum atomic E-state index is -0.394. The van der Waals surface area contributed by atoms with Crippen molar-refractivity contribution in [2.24, 2.45) is 0 Å². The lowest BCUT2D eigenvalue weighted by Crippen LogP contribution is -2.12. The number of amides is 1. The van der Waals surface area contributed by atoms with Gasteiger partial charge in [0, 0.05) is 10.2 Å². The van der Waals surface area contributed by atoms with E-state index in [4.69, 9.17) is 22.1 Å². The topological polar surface area (TPSA) is 76.7 Å². The maximum atomic E-state index is 12.2. The number of nitrogens with zero attached hydrogens (tertiary/aromatic N) is 2. The van der Waals surface area contributed by atoms with Gasteiger partial charge in [-0.2, -0.15) is 10.5 Å². The first-order valence-electron chi connectivity index (χ1n) is 5.76. The Balaban J connectivity index is 2.31. The van der Waals surface area contributed by atoms with E-state index in [1.54, 1.807) is 24.3 Å². The molecule has 0 unspecified atom stereocenters. The van der Waals surface area contributed by atoms with Crippen molar-refractivity contribution in [1.82, 2.24) is 0 Å². The molecule has 0 saturated heterocycles. The van der Waals surface area contributed by atoms with Crippen molar-refractivity contribution >= 4 is 39.1 Å². The summed E-state index contributed by atoms with van der Waals surface area (Å²) in [5.74, 6) is -0.394. The van der Waals surface area contributed by atoms with Crippen LogP contribution in [0.5, 0.6) is 0 Å². The summed E-state index contributed by atoms with van der Waals surface area (Å²) in [6, 6.07) is 13.3. The highest BCUT2D eigenvalue weighted by Gasteiger charge is 2.13. The highest BCUT2D eigenvalue weighted by atomic mass is 79.9. The van der Waals surface area contributed by atoms with E-state index >= 15 is 0 Å². The van der Waals surface area contributed by atoms with Crippen molar-refractivity contribution < 1.29 is 4.79 Å². The van der Waals surface area contributed by atoms with Crippen LogP contribution in [-0.2, 0) is 0 Å². The van der Waals surface area contributed by atoms with Crippen molar-refractivity contribution in [2.75, 3.05) is 5.32 Å². The Labute approximate surface area is 134 Å². The zero-order valence-electron chi connectivity index (χ0n) is 10.5. The molecule has 4 nitrogen and oxygen atoms in total. The Hall–Kier alpha value is -2.34. The molecule has 1 N–H and O–H groups in total. The molecule has 102 valence electrons. The number of nitriles is 2. The molecule has 0 aliphatic carbocycles. The summed E-state index contributed by atoms with van der Waals surface area (Å²) < 4.78 is 0.620. The van der Waals surface area contributed by atoms with Gasteiger partial charge in [-0.1, -0.05) is 17.7 Å². The van der Waals surface area contributed by atoms with Gasteiger partial charge in [0.15, 0.2) is 0 Å². The van der Waals surface area contributed by atoms with Crippen molar-refractivity contribution in [3.8, 4) is 12.1 Å². The molecule has 2 aromatic carbocycles. The molecule has 0 bridgehead atoms. The fourth-order valence-electron chi connectivity index (χ4n) is 1.69. The number of halogens is 2. The van der Waals surface area contributed by atoms with Gasteiger partial charge in [-0.05, 0) is 46.3 Å². The number of hydrogen-bond acceptors (Lipinski definition) is 3. The molecule has 0 aromatic heterocycles. The van der Waals surface area contributed by atoms with Crippen LogP contribution in [-0.4, -0.2) is 5.91 Å². The summed E-state index contributed by atoms with van der Waals surface area (Å²) in [6.45, 7) is 0. The standard InChI is InChI=1S/C15H7BrClN3O/c16-13-3-1-2-12(14(13)17)15(21)20-11-5-4-9(7-18)10(6-11)8-19/h1-6H,(H,20,21). The fourth-order valence-corrected chi connectivity index (χ4v) is 2.27. The number of benzene rings is 2. The summed E-state index contributed by atoms with van der Waals surface area (Å²) in [7, 11) is 0. The van der Waals surface area contributed by atoms with E-state index in [-0.39, 0.29) is 11.1 Å². The molecular formula is C15H7BrClN3O. The van der Waals surface area contributed by atoms with Crippen molar-refractivity contribution in [3.05, 3.63) is 62.6 Å². The molecule has 0 radical (unpaired) electrons. The first kappa shape index (κ1) is 15.1. The zero-order valence-corrected chi connectivity index (χ0v) is 12.9. The second kappa shape index (κ2) is 6.41. The maximum absolute atomic E-state index is 12.2. The molecule has 0 saturated carbocycles. The predicted molar refractivity (Wildman–Crippen MR) is 83.0 cm³/mol. The summed E-state index contributed by atoms with van der Waals surface area (Å²) >= 11 is 9.31. The average Bonchev–Trinajstić information content (AvgIpc) is 2.49. The van der Waals surface area contributed by atoms with Gasteiger partial charge < -0.3 is 5.32 Å². The van der Waals surface area contributed by atoms with Crippen molar-refractivity contribution in [2.45, 2.75) is 0 Å². The third kappa shape index (κ3) is 3.22. The largest absolute Gasteiger partial charge is 0.322 e. The van der Waals surface area contributed by atoms with Crippen molar-refractivity contribution in [3.63, 3.8) is 0 Å². The minimum Gasteiger partial charge on any atom is -0.322 e. The molecule has 0 aliphatic heterocycles. The molecule has 0 spiro atoms. The lowest BCUT2D eigenvalue weighted by molar-refractivity contribution is 0.102. The third-order valence-corrected chi connectivity index (χ3v) is 4.01. The quantitative estimate of drug-likeness (QED) is 0.876. The van der Waals surface area contributed by atoms with Crippen LogP contribution in [0.25, 0.3) is 0 Å². The van der Waals surface area contributed by atoms with E-state index in [9.17, 15) is 4.79 Å². The number of anilines is 1. The summed E-state index contributed by atoms with van der Waals surface area (Å²) in [5.41, 5.74) is 1.20. The van der Waals surface area contributed by atoms with Crippen LogP contribution >= 0.6 is 27.5 Å². The molecular weight excluding hydrogens is 354 g/mol. The smallest absolute Gasteiger partial charge is 0.257 e. The molecule has 0 atom stereocenters. The molecule has 6 heteroatoms. The SMILES string of the molecule is N#Cc1ccc(NC(=O)c2cccc(Br)c2Cl)cc1C#N. The van der Waals surface area contributed by atoms with Crippen LogP contribution in [0.15, 0.2) is 40.9 Å². The summed E-state index contributed by atoms with van der Waals surface area (Å²) in [5, 5.41) is 20.8. The van der Waals surface area contributed by atoms with E-state index in [2.05, 4.69) is 21.2 Å². The van der Waals surface area contributed by atoms with E-state index in [0.29, 0.717) is 20.7 Å². The monoisotopic (exact) mass is 359 g/mol. The number of nitrogens with one attached hydrogen (secondary N) is 1. The Morgan fingerprint density at radius 3 is 2.52 bits per heavy atom. The third-order valence-electron chi connectivity index (χ3n) is 2.71. The van der Waals surface area contributed by atoms with E-state index in [1.165, 1.54) is 12.1 Å². The average molecular weight is 361 g/mol. The van der Waals surface area contributed by atoms with Crippen LogP contribution in [0.3, 0.4) is 0 Å². The second-order valence-electron chi connectivity index (χ2n) is 4.04. The highest BCUT2D eigenvalue weighted by Crippen LogP contribution is 2.26. The van der Waals surface area contributed by atoms with Gasteiger partial charge in [0.1, 0.15) is 12.1 Å². The molecule has 1 amide bonds. The summed E-state index contributed by atoms with van der Waals surface area (Å²) in [6.07, 6.45) is 0. The van der Waals surface area contributed by atoms with Crippen LogP contribution < -0.4 is 5.32 Å². The van der Waals surface area contributed by atoms with Crippen LogP contribution in [0.1, 0.15) is 21.5 Å². The van der Waals surface area contributed by atoms with Gasteiger partial charge in [0.25, 0.3) is 5.91 Å². The number of carbonyl (C=O) groups is 1. The maximum Gasteiger partial charge on any atom is 0.257 e. The van der Waals surface area contributed by atoms with Crippen molar-refractivity contribution in [1.29, 1.82) is 10.5 Å². The van der Waals surface area contributed by atoms with Gasteiger partial charge in [-0.3, -0.25) is 4.79 Å². The number of carbonyl (C=O) groups excluding carboxylic acids is 1. The van der Waals surface area contributed by atoms with Gasteiger partial charge in [0.05, 0.1) is 21.7 Å². The molecule has 0 fully saturated rings. The predicted octanol–water partition coefficient (Wildman–Crippen LogP) is 4.10. The Kier molecular flexibility index (Phi) is 4.59. The van der Waals surface area contributed by atoms with E-state index in [0.717, 1.165) is 0 Å². The minimum absolute atomic E-state index is 0.204. The highest BCUT2D eigenvalue weighted by molar-refractivity contribution is 9.10. The Morgan fingerprint density at radius 2 is 1.86 bits per heavy atom.